The van der Waals surface area contributed by atoms with Crippen molar-refractivity contribution in [3.8, 4) is 11.4 Å². The highest BCUT2D eigenvalue weighted by atomic mass is 32.2. The monoisotopic (exact) mass is 405 g/mol. The van der Waals surface area contributed by atoms with Crippen molar-refractivity contribution in [2.45, 2.75) is 17.3 Å². The Hall–Kier alpha value is -3.07. The molecule has 0 radical (unpaired) electrons. The number of nitrogens with one attached hydrogen (secondary N) is 1. The molecule has 0 aliphatic carbocycles. The number of aromatic nitrogens is 2. The van der Waals surface area contributed by atoms with Gasteiger partial charge in [0, 0.05) is 23.5 Å². The molecule has 1 amide bonds. The topological polar surface area (TPSA) is 68.0 Å². The summed E-state index contributed by atoms with van der Waals surface area (Å²) >= 11 is -0.186. The number of rotatable bonds is 5. The molecule has 0 unspecified atom stereocenters. The van der Waals surface area contributed by atoms with Crippen LogP contribution in [0.25, 0.3) is 17.5 Å². The highest BCUT2D eigenvalue weighted by molar-refractivity contribution is 8.00. The van der Waals surface area contributed by atoms with Crippen LogP contribution in [0.1, 0.15) is 11.5 Å². The first-order valence-electron chi connectivity index (χ1n) is 8.05. The van der Waals surface area contributed by atoms with Gasteiger partial charge in [-0.1, -0.05) is 29.4 Å². The molecule has 28 heavy (non-hydrogen) atoms. The number of anilines is 1. The number of alkyl halides is 3. The van der Waals surface area contributed by atoms with Crippen molar-refractivity contribution in [1.29, 1.82) is 0 Å². The maximum atomic E-state index is 12.3. The highest BCUT2D eigenvalue weighted by Crippen LogP contribution is 2.36. The summed E-state index contributed by atoms with van der Waals surface area (Å²) < 4.78 is 42.0. The lowest BCUT2D eigenvalue weighted by atomic mass is 10.1. The molecule has 2 aromatic carbocycles. The van der Waals surface area contributed by atoms with E-state index in [1.165, 1.54) is 36.4 Å². The molecular formula is C19H14F3N3O2S. The molecule has 1 heterocycles. The Morgan fingerprint density at radius 3 is 2.50 bits per heavy atom. The molecule has 1 N–H and O–H groups in total. The summed E-state index contributed by atoms with van der Waals surface area (Å²) in [6, 6.07) is 12.7. The smallest absolute Gasteiger partial charge is 0.339 e. The number of carbonyl (C=O) groups excluding carboxylic acids is 1. The fourth-order valence-electron chi connectivity index (χ4n) is 2.32. The molecule has 0 atom stereocenters. The van der Waals surface area contributed by atoms with Gasteiger partial charge in [0.1, 0.15) is 0 Å². The van der Waals surface area contributed by atoms with Crippen LogP contribution in [0.15, 0.2) is 64.0 Å². The van der Waals surface area contributed by atoms with Crippen LogP contribution in [-0.4, -0.2) is 21.6 Å². The van der Waals surface area contributed by atoms with E-state index in [0.717, 1.165) is 0 Å². The molecule has 5 nitrogen and oxygen atoms in total. The van der Waals surface area contributed by atoms with Crippen molar-refractivity contribution in [2.24, 2.45) is 0 Å². The first-order chi connectivity index (χ1) is 13.3. The van der Waals surface area contributed by atoms with Crippen LogP contribution in [-0.2, 0) is 4.79 Å². The first-order valence-corrected chi connectivity index (χ1v) is 8.86. The average molecular weight is 405 g/mol. The molecule has 0 spiro atoms. The van der Waals surface area contributed by atoms with E-state index in [0.29, 0.717) is 28.5 Å². The number of halogens is 3. The zero-order chi connectivity index (χ0) is 20.1. The SMILES string of the molecule is Cc1nc(-c2ccccc2NC(=O)/C=C/c2ccc(SC(F)(F)F)cc2)no1. The summed E-state index contributed by atoms with van der Waals surface area (Å²) in [4.78, 5) is 16.4. The number of amides is 1. The van der Waals surface area contributed by atoms with Crippen LogP contribution >= 0.6 is 11.8 Å². The van der Waals surface area contributed by atoms with Gasteiger partial charge >= 0.3 is 5.51 Å². The van der Waals surface area contributed by atoms with Gasteiger partial charge in [0.2, 0.25) is 17.6 Å². The molecule has 0 bridgehead atoms. The van der Waals surface area contributed by atoms with E-state index in [4.69, 9.17) is 4.52 Å². The maximum absolute atomic E-state index is 12.3. The van der Waals surface area contributed by atoms with Crippen LogP contribution in [0.5, 0.6) is 0 Å². The normalized spacial score (nSPS) is 11.7. The number of benzene rings is 2. The Morgan fingerprint density at radius 1 is 1.14 bits per heavy atom. The molecule has 3 aromatic rings. The molecular weight excluding hydrogens is 391 g/mol. The summed E-state index contributed by atoms with van der Waals surface area (Å²) in [6.07, 6.45) is 2.81. The lowest BCUT2D eigenvalue weighted by Crippen LogP contribution is -2.08. The second kappa shape index (κ2) is 8.30. The number of aryl methyl sites for hydroxylation is 1. The molecule has 1 aromatic heterocycles. The predicted octanol–water partition coefficient (Wildman–Crippen LogP) is 5.31. The zero-order valence-corrected chi connectivity index (χ0v) is 15.3. The number of carbonyl (C=O) groups is 1. The Bertz CT molecular complexity index is 998. The number of para-hydroxylation sites is 1. The minimum absolute atomic E-state index is 0.0819. The Balaban J connectivity index is 1.68. The maximum Gasteiger partial charge on any atom is 0.446 e. The summed E-state index contributed by atoms with van der Waals surface area (Å²) in [5, 5.41) is 6.57. The third-order valence-electron chi connectivity index (χ3n) is 3.49. The summed E-state index contributed by atoms with van der Waals surface area (Å²) in [5.41, 5.74) is -2.62. The minimum atomic E-state index is -4.33. The fraction of sp³-hybridized carbons (Fsp3) is 0.105. The van der Waals surface area contributed by atoms with Gasteiger partial charge in [0.25, 0.3) is 0 Å². The van der Waals surface area contributed by atoms with Gasteiger partial charge in [-0.05, 0) is 47.7 Å². The molecule has 0 aliphatic rings. The Labute approximate surface area is 162 Å². The van der Waals surface area contributed by atoms with Crippen molar-refractivity contribution in [2.75, 3.05) is 5.32 Å². The van der Waals surface area contributed by atoms with Crippen molar-refractivity contribution < 1.29 is 22.5 Å². The number of hydrogen-bond donors (Lipinski definition) is 1. The van der Waals surface area contributed by atoms with E-state index in [1.807, 2.05) is 0 Å². The molecule has 0 saturated heterocycles. The van der Waals surface area contributed by atoms with E-state index >= 15 is 0 Å². The third kappa shape index (κ3) is 5.46. The van der Waals surface area contributed by atoms with E-state index < -0.39 is 11.4 Å². The van der Waals surface area contributed by atoms with Gasteiger partial charge in [-0.15, -0.1) is 0 Å². The number of thioether (sulfide) groups is 1. The standard InChI is InChI=1S/C19H14F3N3O2S/c1-12-23-18(25-27-12)15-4-2-3-5-16(15)24-17(26)11-8-13-6-9-14(10-7-13)28-19(20,21)22/h2-11H,1H3,(H,24,26)/b11-8+. The lowest BCUT2D eigenvalue weighted by molar-refractivity contribution is -0.111. The van der Waals surface area contributed by atoms with E-state index in [2.05, 4.69) is 15.5 Å². The first kappa shape index (κ1) is 19.7. The Morgan fingerprint density at radius 2 is 1.86 bits per heavy atom. The average Bonchev–Trinajstić information content (AvgIpc) is 3.06. The van der Waals surface area contributed by atoms with Gasteiger partial charge in [0.15, 0.2) is 0 Å². The predicted molar refractivity (Wildman–Crippen MR) is 100 cm³/mol. The van der Waals surface area contributed by atoms with E-state index in [9.17, 15) is 18.0 Å². The molecule has 0 saturated carbocycles. The number of hydrogen-bond acceptors (Lipinski definition) is 5. The van der Waals surface area contributed by atoms with Crippen molar-refractivity contribution in [3.05, 3.63) is 66.1 Å². The van der Waals surface area contributed by atoms with E-state index in [1.54, 1.807) is 31.2 Å². The largest absolute Gasteiger partial charge is 0.446 e. The van der Waals surface area contributed by atoms with Gasteiger partial charge in [-0.3, -0.25) is 4.79 Å². The second-order valence-electron chi connectivity index (χ2n) is 5.62. The highest BCUT2D eigenvalue weighted by Gasteiger charge is 2.28. The van der Waals surface area contributed by atoms with Crippen LogP contribution in [0.4, 0.5) is 18.9 Å². The molecule has 144 valence electrons. The number of nitrogens with zero attached hydrogens (tertiary/aromatic N) is 2. The van der Waals surface area contributed by atoms with Crippen LogP contribution in [0, 0.1) is 6.92 Å². The quantitative estimate of drug-likeness (QED) is 0.460. The van der Waals surface area contributed by atoms with Crippen LogP contribution in [0.3, 0.4) is 0 Å². The summed E-state index contributed by atoms with van der Waals surface area (Å²) in [5.74, 6) is 0.361. The van der Waals surface area contributed by atoms with E-state index in [-0.39, 0.29) is 16.7 Å². The molecule has 3 rings (SSSR count). The van der Waals surface area contributed by atoms with Crippen molar-refractivity contribution in [3.63, 3.8) is 0 Å². The minimum Gasteiger partial charge on any atom is -0.339 e. The van der Waals surface area contributed by atoms with Gasteiger partial charge < -0.3 is 9.84 Å². The van der Waals surface area contributed by atoms with Gasteiger partial charge in [0.05, 0.1) is 5.69 Å². The molecule has 0 aliphatic heterocycles. The second-order valence-corrected chi connectivity index (χ2v) is 6.76. The third-order valence-corrected chi connectivity index (χ3v) is 4.23. The molecule has 0 fully saturated rings. The van der Waals surface area contributed by atoms with Crippen LogP contribution in [0.2, 0.25) is 0 Å². The van der Waals surface area contributed by atoms with Crippen molar-refractivity contribution >= 4 is 29.4 Å². The fourth-order valence-corrected chi connectivity index (χ4v) is 2.86. The van der Waals surface area contributed by atoms with Gasteiger partial charge in [-0.25, -0.2) is 0 Å². The zero-order valence-electron chi connectivity index (χ0n) is 14.5. The van der Waals surface area contributed by atoms with Gasteiger partial charge in [-0.2, -0.15) is 18.2 Å². The Kier molecular flexibility index (Phi) is 5.84. The molecule has 9 heteroatoms. The van der Waals surface area contributed by atoms with Crippen molar-refractivity contribution in [1.82, 2.24) is 10.1 Å². The summed E-state index contributed by atoms with van der Waals surface area (Å²) in [6.45, 7) is 1.67. The van der Waals surface area contributed by atoms with Crippen LogP contribution < -0.4 is 5.32 Å². The lowest BCUT2D eigenvalue weighted by Gasteiger charge is -2.07. The summed E-state index contributed by atoms with van der Waals surface area (Å²) in [7, 11) is 0.